The highest BCUT2D eigenvalue weighted by Gasteiger charge is 2.22. The van der Waals surface area contributed by atoms with Gasteiger partial charge >= 0.3 is 0 Å². The van der Waals surface area contributed by atoms with Gasteiger partial charge < -0.3 is 19.1 Å². The number of hydrogen-bond donors (Lipinski definition) is 0. The fourth-order valence-electron chi connectivity index (χ4n) is 3.25. The third-order valence-corrected chi connectivity index (χ3v) is 5.07. The molecule has 1 amide bonds. The van der Waals surface area contributed by atoms with E-state index in [0.29, 0.717) is 23.9 Å². The molecule has 4 rings (SSSR count). The molecule has 0 N–H and O–H groups in total. The van der Waals surface area contributed by atoms with Crippen molar-refractivity contribution in [2.45, 2.75) is 6.54 Å². The lowest BCUT2D eigenvalue weighted by Gasteiger charge is -2.34. The molecule has 0 saturated carbocycles. The summed E-state index contributed by atoms with van der Waals surface area (Å²) in [6.45, 7) is 4.15. The van der Waals surface area contributed by atoms with E-state index in [4.69, 9.17) is 25.8 Å². The summed E-state index contributed by atoms with van der Waals surface area (Å²) in [6.07, 6.45) is 0. The van der Waals surface area contributed by atoms with E-state index in [9.17, 15) is 4.79 Å². The minimum atomic E-state index is -0.0161. The van der Waals surface area contributed by atoms with Crippen molar-refractivity contribution in [2.24, 2.45) is 0 Å². The lowest BCUT2D eigenvalue weighted by molar-refractivity contribution is -0.135. The molecule has 0 radical (unpaired) electrons. The smallest absolute Gasteiger partial charge is 0.260 e. The molecular formula is C20H21ClN2O4. The van der Waals surface area contributed by atoms with Crippen LogP contribution >= 0.6 is 11.6 Å². The first-order valence-electron chi connectivity index (χ1n) is 8.95. The first kappa shape index (κ1) is 17.9. The number of ether oxygens (including phenoxy) is 3. The number of piperazine rings is 1. The predicted molar refractivity (Wildman–Crippen MR) is 101 cm³/mol. The molecule has 2 aliphatic rings. The minimum absolute atomic E-state index is 0.00585. The fourth-order valence-corrected chi connectivity index (χ4v) is 3.44. The normalized spacial score (nSPS) is 16.4. The molecular weight excluding hydrogens is 368 g/mol. The number of carbonyl (C=O) groups excluding carboxylic acids is 1. The standard InChI is InChI=1S/C20H21ClN2O4/c21-16-3-1-2-4-17(16)25-13-20(24)23-9-7-22(8-10-23)12-15-5-6-18-19(11-15)27-14-26-18/h1-6,11H,7-10,12-14H2. The Labute approximate surface area is 163 Å². The van der Waals surface area contributed by atoms with E-state index in [2.05, 4.69) is 11.0 Å². The molecule has 2 aromatic carbocycles. The Kier molecular flexibility index (Phi) is 5.36. The number of nitrogens with zero attached hydrogens (tertiary/aromatic N) is 2. The Bertz CT molecular complexity index is 821. The number of rotatable bonds is 5. The van der Waals surface area contributed by atoms with Crippen LogP contribution in [0.3, 0.4) is 0 Å². The second kappa shape index (κ2) is 8.06. The van der Waals surface area contributed by atoms with Crippen molar-refractivity contribution in [1.29, 1.82) is 0 Å². The summed E-state index contributed by atoms with van der Waals surface area (Å²) in [5, 5.41) is 0.513. The van der Waals surface area contributed by atoms with Crippen LogP contribution in [0.5, 0.6) is 17.2 Å². The zero-order valence-corrected chi connectivity index (χ0v) is 15.7. The Morgan fingerprint density at radius 1 is 1.04 bits per heavy atom. The molecule has 142 valence electrons. The fraction of sp³-hybridized carbons (Fsp3) is 0.350. The van der Waals surface area contributed by atoms with Gasteiger partial charge in [-0.25, -0.2) is 0 Å². The van der Waals surface area contributed by atoms with Gasteiger partial charge in [-0.1, -0.05) is 29.8 Å². The van der Waals surface area contributed by atoms with E-state index in [-0.39, 0.29) is 19.3 Å². The third kappa shape index (κ3) is 4.28. The molecule has 0 atom stereocenters. The Balaban J connectivity index is 1.25. The summed E-state index contributed by atoms with van der Waals surface area (Å²) in [5.74, 6) is 2.12. The molecule has 2 aliphatic heterocycles. The average Bonchev–Trinajstić information content (AvgIpc) is 3.15. The number of para-hydroxylation sites is 1. The summed E-state index contributed by atoms with van der Waals surface area (Å²) >= 11 is 6.05. The maximum Gasteiger partial charge on any atom is 0.260 e. The molecule has 0 aliphatic carbocycles. The first-order valence-corrected chi connectivity index (χ1v) is 9.33. The van der Waals surface area contributed by atoms with Crippen LogP contribution in [0.25, 0.3) is 0 Å². The van der Waals surface area contributed by atoms with Gasteiger partial charge in [0.1, 0.15) is 5.75 Å². The van der Waals surface area contributed by atoms with Gasteiger partial charge in [-0.15, -0.1) is 0 Å². The van der Waals surface area contributed by atoms with Crippen molar-refractivity contribution in [3.05, 3.63) is 53.1 Å². The molecule has 1 fully saturated rings. The van der Waals surface area contributed by atoms with Crippen LogP contribution in [-0.2, 0) is 11.3 Å². The molecule has 2 aromatic rings. The topological polar surface area (TPSA) is 51.2 Å². The number of fused-ring (bicyclic) bond motifs is 1. The van der Waals surface area contributed by atoms with Gasteiger partial charge in [0.2, 0.25) is 6.79 Å². The Morgan fingerprint density at radius 2 is 1.81 bits per heavy atom. The van der Waals surface area contributed by atoms with Crippen molar-refractivity contribution in [2.75, 3.05) is 39.6 Å². The summed E-state index contributed by atoms with van der Waals surface area (Å²) in [6, 6.07) is 13.2. The van der Waals surface area contributed by atoms with Crippen LogP contribution < -0.4 is 14.2 Å². The average molecular weight is 389 g/mol. The number of halogens is 1. The highest BCUT2D eigenvalue weighted by atomic mass is 35.5. The summed E-state index contributed by atoms with van der Waals surface area (Å²) < 4.78 is 16.3. The molecule has 0 aromatic heterocycles. The van der Waals surface area contributed by atoms with E-state index in [0.717, 1.165) is 31.1 Å². The van der Waals surface area contributed by atoms with Crippen LogP contribution in [0.4, 0.5) is 0 Å². The van der Waals surface area contributed by atoms with Gasteiger partial charge in [0.05, 0.1) is 5.02 Å². The van der Waals surface area contributed by atoms with Crippen LogP contribution in [0.15, 0.2) is 42.5 Å². The molecule has 0 unspecified atom stereocenters. The summed E-state index contributed by atoms with van der Waals surface area (Å²) in [5.41, 5.74) is 1.18. The van der Waals surface area contributed by atoms with Crippen LogP contribution in [0.1, 0.15) is 5.56 Å². The maximum atomic E-state index is 12.4. The molecule has 27 heavy (non-hydrogen) atoms. The van der Waals surface area contributed by atoms with Crippen molar-refractivity contribution in [1.82, 2.24) is 9.80 Å². The quantitative estimate of drug-likeness (QED) is 0.788. The van der Waals surface area contributed by atoms with Crippen LogP contribution in [0, 0.1) is 0 Å². The van der Waals surface area contributed by atoms with Gasteiger partial charge in [0, 0.05) is 32.7 Å². The van der Waals surface area contributed by atoms with E-state index in [1.54, 1.807) is 12.1 Å². The molecule has 0 spiro atoms. The first-order chi connectivity index (χ1) is 13.2. The van der Waals surface area contributed by atoms with E-state index in [1.165, 1.54) is 5.56 Å². The van der Waals surface area contributed by atoms with E-state index < -0.39 is 0 Å². The largest absolute Gasteiger partial charge is 0.482 e. The van der Waals surface area contributed by atoms with Crippen LogP contribution in [0.2, 0.25) is 5.02 Å². The van der Waals surface area contributed by atoms with Gasteiger partial charge in [0.15, 0.2) is 18.1 Å². The van der Waals surface area contributed by atoms with Crippen LogP contribution in [-0.4, -0.2) is 55.3 Å². The minimum Gasteiger partial charge on any atom is -0.482 e. The highest BCUT2D eigenvalue weighted by Crippen LogP contribution is 2.32. The number of hydrogen-bond acceptors (Lipinski definition) is 5. The Hall–Kier alpha value is -2.44. The van der Waals surface area contributed by atoms with Gasteiger partial charge in [-0.3, -0.25) is 9.69 Å². The SMILES string of the molecule is O=C(COc1ccccc1Cl)N1CCN(Cc2ccc3c(c2)OCO3)CC1. The van der Waals surface area contributed by atoms with Crippen molar-refractivity contribution < 1.29 is 19.0 Å². The zero-order chi connectivity index (χ0) is 18.6. The lowest BCUT2D eigenvalue weighted by atomic mass is 10.1. The van der Waals surface area contributed by atoms with Crippen molar-refractivity contribution >= 4 is 17.5 Å². The van der Waals surface area contributed by atoms with E-state index >= 15 is 0 Å². The lowest BCUT2D eigenvalue weighted by Crippen LogP contribution is -2.49. The molecule has 1 saturated heterocycles. The predicted octanol–water partition coefficient (Wildman–Crippen LogP) is 2.79. The van der Waals surface area contributed by atoms with Gasteiger partial charge in [-0.2, -0.15) is 0 Å². The maximum absolute atomic E-state index is 12.4. The zero-order valence-electron chi connectivity index (χ0n) is 14.9. The van der Waals surface area contributed by atoms with Gasteiger partial charge in [0.25, 0.3) is 5.91 Å². The third-order valence-electron chi connectivity index (χ3n) is 4.76. The van der Waals surface area contributed by atoms with E-state index in [1.807, 2.05) is 29.2 Å². The monoisotopic (exact) mass is 388 g/mol. The number of benzene rings is 2. The molecule has 7 heteroatoms. The van der Waals surface area contributed by atoms with Crippen molar-refractivity contribution in [3.8, 4) is 17.2 Å². The summed E-state index contributed by atoms with van der Waals surface area (Å²) in [7, 11) is 0. The number of carbonyl (C=O) groups is 1. The van der Waals surface area contributed by atoms with Crippen molar-refractivity contribution in [3.63, 3.8) is 0 Å². The second-order valence-electron chi connectivity index (χ2n) is 6.56. The Morgan fingerprint density at radius 3 is 2.63 bits per heavy atom. The highest BCUT2D eigenvalue weighted by molar-refractivity contribution is 6.32. The second-order valence-corrected chi connectivity index (χ2v) is 6.97. The molecule has 2 heterocycles. The van der Waals surface area contributed by atoms with Gasteiger partial charge in [-0.05, 0) is 29.8 Å². The summed E-state index contributed by atoms with van der Waals surface area (Å²) in [4.78, 5) is 16.6. The molecule has 0 bridgehead atoms. The molecule has 6 nitrogen and oxygen atoms in total. The number of amides is 1.